The van der Waals surface area contributed by atoms with Gasteiger partial charge in [-0.3, -0.25) is 14.4 Å². The van der Waals surface area contributed by atoms with Gasteiger partial charge in [-0.1, -0.05) is 18.2 Å². The van der Waals surface area contributed by atoms with Crippen molar-refractivity contribution < 1.29 is 43.5 Å². The molecular formula is C31H28O9. The molecule has 3 heterocycles. The van der Waals surface area contributed by atoms with Crippen LogP contribution in [0, 0.1) is 6.92 Å². The lowest BCUT2D eigenvalue weighted by molar-refractivity contribution is -0.347. The lowest BCUT2D eigenvalue weighted by atomic mass is 9.79. The predicted molar refractivity (Wildman–Crippen MR) is 141 cm³/mol. The molecule has 0 spiro atoms. The van der Waals surface area contributed by atoms with Crippen LogP contribution in [0.15, 0.2) is 36.4 Å². The fraction of sp³-hybridized carbons (Fsp3) is 0.387. The van der Waals surface area contributed by atoms with E-state index in [0.717, 1.165) is 5.56 Å². The van der Waals surface area contributed by atoms with Crippen LogP contribution in [0.4, 0.5) is 0 Å². The molecule has 1 aliphatic carbocycles. The Kier molecular flexibility index (Phi) is 5.66. The standard InChI is InChI=1S/C31H28O9/c1-12-8-15-4-5-17-25(24(15)20(33)9-12)28(35)18-7-6-16(27(34)26(18)29(17)36)21-11-22-30(14(3)37-21)40-31-23(39-22)10-19(32)13(2)38-31/h4-9,13-14,21-23,30-31,33-34H,10-11H2,1-3H3/t13-,14-,21-,22+,23-,30-,31+/m1/s1. The van der Waals surface area contributed by atoms with E-state index in [1.54, 1.807) is 31.2 Å². The molecule has 3 aromatic rings. The van der Waals surface area contributed by atoms with E-state index in [2.05, 4.69) is 0 Å². The minimum Gasteiger partial charge on any atom is -0.507 e. The SMILES string of the molecule is Cc1cc(O)c2c3c(ccc2c1)C(=O)c1c(ccc([C@H]2C[C@@H]4O[C@@H]5CC(=O)[C@@H](C)O[C@H]5O[C@@H]4[C@@H](C)O2)c1O)C3=O. The number of ether oxygens (including phenoxy) is 4. The van der Waals surface area contributed by atoms with E-state index in [9.17, 15) is 24.6 Å². The zero-order chi connectivity index (χ0) is 28.0. The lowest BCUT2D eigenvalue weighted by Gasteiger charge is -2.49. The molecule has 0 amide bonds. The third-order valence-corrected chi connectivity index (χ3v) is 8.53. The van der Waals surface area contributed by atoms with Crippen molar-refractivity contribution in [1.82, 2.24) is 0 Å². The Morgan fingerprint density at radius 1 is 0.825 bits per heavy atom. The smallest absolute Gasteiger partial charge is 0.198 e. The number of benzene rings is 3. The highest BCUT2D eigenvalue weighted by atomic mass is 16.7. The number of hydrogen-bond donors (Lipinski definition) is 2. The van der Waals surface area contributed by atoms with Gasteiger partial charge in [0.25, 0.3) is 0 Å². The van der Waals surface area contributed by atoms with Crippen LogP contribution in [0.5, 0.6) is 11.5 Å². The maximum atomic E-state index is 13.7. The van der Waals surface area contributed by atoms with Gasteiger partial charge in [0.2, 0.25) is 0 Å². The highest BCUT2D eigenvalue weighted by Gasteiger charge is 2.50. The first kappa shape index (κ1) is 25.3. The second kappa shape index (κ2) is 8.94. The zero-order valence-corrected chi connectivity index (χ0v) is 22.2. The number of ketones is 3. The Morgan fingerprint density at radius 2 is 1.55 bits per heavy atom. The number of rotatable bonds is 1. The Bertz CT molecular complexity index is 1630. The molecule has 7 rings (SSSR count). The number of aryl methyl sites for hydroxylation is 1. The molecular weight excluding hydrogens is 516 g/mol. The van der Waals surface area contributed by atoms with Gasteiger partial charge in [0.05, 0.1) is 23.9 Å². The van der Waals surface area contributed by atoms with Crippen LogP contribution in [0.3, 0.4) is 0 Å². The highest BCUT2D eigenvalue weighted by Crippen LogP contribution is 2.46. The molecule has 3 aromatic carbocycles. The monoisotopic (exact) mass is 544 g/mol. The zero-order valence-electron chi connectivity index (χ0n) is 22.2. The molecule has 4 aliphatic rings. The van der Waals surface area contributed by atoms with Crippen LogP contribution < -0.4 is 0 Å². The minimum atomic E-state index is -0.656. The van der Waals surface area contributed by atoms with Crippen LogP contribution in [0.25, 0.3) is 10.8 Å². The van der Waals surface area contributed by atoms with E-state index in [1.165, 1.54) is 6.07 Å². The maximum absolute atomic E-state index is 13.7. The molecule has 40 heavy (non-hydrogen) atoms. The summed E-state index contributed by atoms with van der Waals surface area (Å²) in [5.74, 6) is -1.38. The Balaban J connectivity index is 1.23. The number of aromatic hydroxyl groups is 2. The van der Waals surface area contributed by atoms with Gasteiger partial charge in [-0.25, -0.2) is 0 Å². The van der Waals surface area contributed by atoms with Crippen molar-refractivity contribution in [2.45, 2.75) is 76.5 Å². The normalized spacial score (nSPS) is 31.4. The highest BCUT2D eigenvalue weighted by molar-refractivity contribution is 6.33. The average molecular weight is 545 g/mol. The van der Waals surface area contributed by atoms with Gasteiger partial charge < -0.3 is 29.2 Å². The third-order valence-electron chi connectivity index (χ3n) is 8.53. The summed E-state index contributed by atoms with van der Waals surface area (Å²) < 4.78 is 24.3. The first-order valence-corrected chi connectivity index (χ1v) is 13.5. The topological polar surface area (TPSA) is 129 Å². The second-order valence-corrected chi connectivity index (χ2v) is 11.2. The van der Waals surface area contributed by atoms with Crippen LogP contribution in [0.1, 0.15) is 75.8 Å². The number of hydrogen-bond acceptors (Lipinski definition) is 9. The van der Waals surface area contributed by atoms with Crippen molar-refractivity contribution in [3.63, 3.8) is 0 Å². The summed E-state index contributed by atoms with van der Waals surface area (Å²) in [7, 11) is 0. The van der Waals surface area contributed by atoms with Crippen molar-refractivity contribution in [3.05, 3.63) is 69.8 Å². The molecule has 0 unspecified atom stereocenters. The van der Waals surface area contributed by atoms with E-state index in [4.69, 9.17) is 18.9 Å². The van der Waals surface area contributed by atoms with E-state index in [0.29, 0.717) is 22.8 Å². The van der Waals surface area contributed by atoms with E-state index >= 15 is 0 Å². The van der Waals surface area contributed by atoms with Crippen LogP contribution in [-0.4, -0.2) is 64.4 Å². The molecule has 0 bridgehead atoms. The fourth-order valence-corrected chi connectivity index (χ4v) is 6.58. The number of carbonyl (C=O) groups is 3. The van der Waals surface area contributed by atoms with Gasteiger partial charge in [-0.15, -0.1) is 0 Å². The number of carbonyl (C=O) groups excluding carboxylic acids is 3. The van der Waals surface area contributed by atoms with Crippen molar-refractivity contribution >= 4 is 28.1 Å². The van der Waals surface area contributed by atoms with Gasteiger partial charge in [0.1, 0.15) is 29.8 Å². The second-order valence-electron chi connectivity index (χ2n) is 11.2. The molecule has 7 atom stereocenters. The lowest BCUT2D eigenvalue weighted by Crippen LogP contribution is -2.60. The fourth-order valence-electron chi connectivity index (χ4n) is 6.58. The number of phenols is 2. The Labute approximate surface area is 229 Å². The van der Waals surface area contributed by atoms with Crippen LogP contribution in [0.2, 0.25) is 0 Å². The Hall–Kier alpha value is -3.63. The van der Waals surface area contributed by atoms with E-state index < -0.39 is 54.5 Å². The molecule has 206 valence electrons. The van der Waals surface area contributed by atoms with Gasteiger partial charge in [0, 0.05) is 40.5 Å². The number of fused-ring (bicyclic) bond motifs is 6. The summed E-state index contributed by atoms with van der Waals surface area (Å²) in [6, 6.07) is 9.78. The van der Waals surface area contributed by atoms with Crippen molar-refractivity contribution in [3.8, 4) is 11.5 Å². The van der Waals surface area contributed by atoms with E-state index in [-0.39, 0.29) is 46.0 Å². The molecule has 0 radical (unpaired) electrons. The minimum absolute atomic E-state index is 0.0491. The van der Waals surface area contributed by atoms with Gasteiger partial charge in [-0.05, 0) is 49.9 Å². The summed E-state index contributed by atoms with van der Waals surface area (Å²) in [5, 5.41) is 23.0. The quantitative estimate of drug-likeness (QED) is 0.365. The molecule has 3 saturated heterocycles. The largest absolute Gasteiger partial charge is 0.507 e. The van der Waals surface area contributed by atoms with Gasteiger partial charge in [-0.2, -0.15) is 0 Å². The first-order valence-electron chi connectivity index (χ1n) is 13.5. The van der Waals surface area contributed by atoms with Gasteiger partial charge in [0.15, 0.2) is 23.6 Å². The molecule has 9 heteroatoms. The molecule has 0 aromatic heterocycles. The third kappa shape index (κ3) is 3.65. The predicted octanol–water partition coefficient (Wildman–Crippen LogP) is 4.04. The molecule has 0 saturated carbocycles. The molecule has 2 N–H and O–H groups in total. The first-order chi connectivity index (χ1) is 19.1. The summed E-state index contributed by atoms with van der Waals surface area (Å²) in [6.45, 7) is 5.37. The molecule has 3 fully saturated rings. The maximum Gasteiger partial charge on any atom is 0.198 e. The van der Waals surface area contributed by atoms with Crippen molar-refractivity contribution in [2.24, 2.45) is 0 Å². The summed E-state index contributed by atoms with van der Waals surface area (Å²) in [5.41, 5.74) is 1.43. The summed E-state index contributed by atoms with van der Waals surface area (Å²) >= 11 is 0. The molecule has 3 aliphatic heterocycles. The molecule has 9 nitrogen and oxygen atoms in total. The van der Waals surface area contributed by atoms with E-state index in [1.807, 2.05) is 19.9 Å². The van der Waals surface area contributed by atoms with Crippen LogP contribution in [-0.2, 0) is 23.7 Å². The van der Waals surface area contributed by atoms with Crippen molar-refractivity contribution in [1.29, 1.82) is 0 Å². The van der Waals surface area contributed by atoms with Crippen molar-refractivity contribution in [2.75, 3.05) is 0 Å². The summed E-state index contributed by atoms with van der Waals surface area (Å²) in [4.78, 5) is 39.6. The van der Waals surface area contributed by atoms with Gasteiger partial charge >= 0.3 is 0 Å². The number of Topliss-reactive ketones (excluding diaryl/α,β-unsaturated/α-hetero) is 1. The Morgan fingerprint density at radius 3 is 2.35 bits per heavy atom. The average Bonchev–Trinajstić information content (AvgIpc) is 2.90. The summed E-state index contributed by atoms with van der Waals surface area (Å²) in [6.07, 6.45) is -3.18. The van der Waals surface area contributed by atoms with Crippen LogP contribution >= 0.6 is 0 Å². The number of phenolic OH excluding ortho intramolecular Hbond substituents is 2.